The van der Waals surface area contributed by atoms with Crippen LogP contribution in [0.4, 0.5) is 5.69 Å². The number of hydrogen-bond acceptors (Lipinski definition) is 2. The monoisotopic (exact) mass is 220 g/mol. The molecule has 1 rings (SSSR count). The number of benzene rings is 1. The van der Waals surface area contributed by atoms with E-state index in [1.807, 2.05) is 6.07 Å². The highest BCUT2D eigenvalue weighted by molar-refractivity contribution is 5.46. The van der Waals surface area contributed by atoms with Gasteiger partial charge in [-0.05, 0) is 31.4 Å². The number of hydrogen-bond donors (Lipinski definition) is 1. The summed E-state index contributed by atoms with van der Waals surface area (Å²) in [5.41, 5.74) is 7.43. The summed E-state index contributed by atoms with van der Waals surface area (Å²) in [7, 11) is 0. The summed E-state index contributed by atoms with van der Waals surface area (Å²) >= 11 is 0. The van der Waals surface area contributed by atoms with Gasteiger partial charge in [-0.1, -0.05) is 32.0 Å². The van der Waals surface area contributed by atoms with Crippen LogP contribution in [0.2, 0.25) is 0 Å². The molecule has 0 aliphatic heterocycles. The third-order valence-corrected chi connectivity index (χ3v) is 3.33. The van der Waals surface area contributed by atoms with Crippen LogP contribution in [0.5, 0.6) is 0 Å². The van der Waals surface area contributed by atoms with Gasteiger partial charge in [0, 0.05) is 24.8 Å². The van der Waals surface area contributed by atoms with Gasteiger partial charge in [-0.3, -0.25) is 0 Å². The quantitative estimate of drug-likeness (QED) is 0.826. The lowest BCUT2D eigenvalue weighted by Gasteiger charge is -2.36. The summed E-state index contributed by atoms with van der Waals surface area (Å²) in [6.45, 7) is 10.7. The van der Waals surface area contributed by atoms with E-state index in [2.05, 4.69) is 56.9 Å². The maximum absolute atomic E-state index is 6.02. The van der Waals surface area contributed by atoms with Crippen LogP contribution in [0.15, 0.2) is 30.3 Å². The van der Waals surface area contributed by atoms with E-state index in [0.717, 1.165) is 13.1 Å². The van der Waals surface area contributed by atoms with Crippen LogP contribution in [-0.2, 0) is 0 Å². The van der Waals surface area contributed by atoms with Crippen molar-refractivity contribution in [3.8, 4) is 0 Å². The number of nitrogens with two attached hydrogens (primary N) is 1. The zero-order chi connectivity index (χ0) is 12.2. The smallest absolute Gasteiger partial charge is 0.0366 e. The van der Waals surface area contributed by atoms with Gasteiger partial charge in [-0.2, -0.15) is 0 Å². The van der Waals surface area contributed by atoms with Crippen molar-refractivity contribution in [2.24, 2.45) is 11.1 Å². The van der Waals surface area contributed by atoms with Crippen molar-refractivity contribution >= 4 is 5.69 Å². The van der Waals surface area contributed by atoms with Gasteiger partial charge in [-0.15, -0.1) is 0 Å². The lowest BCUT2D eigenvalue weighted by molar-refractivity contribution is 0.305. The molecule has 2 heteroatoms. The molecule has 1 aromatic carbocycles. The average Bonchev–Trinajstić information content (AvgIpc) is 2.27. The molecule has 0 amide bonds. The van der Waals surface area contributed by atoms with Crippen molar-refractivity contribution in [3.63, 3.8) is 0 Å². The van der Waals surface area contributed by atoms with Crippen LogP contribution in [0.25, 0.3) is 0 Å². The molecule has 0 bridgehead atoms. The molecular weight excluding hydrogens is 196 g/mol. The molecule has 0 saturated heterocycles. The Bertz CT molecular complexity index is 304. The van der Waals surface area contributed by atoms with Gasteiger partial charge in [0.2, 0.25) is 0 Å². The third kappa shape index (κ3) is 3.24. The van der Waals surface area contributed by atoms with Gasteiger partial charge >= 0.3 is 0 Å². The molecule has 0 aliphatic carbocycles. The van der Waals surface area contributed by atoms with Crippen LogP contribution in [0.3, 0.4) is 0 Å². The highest BCUT2D eigenvalue weighted by Gasteiger charge is 2.25. The average molecular weight is 220 g/mol. The normalized spacial score (nSPS) is 13.6. The first-order valence-electron chi connectivity index (χ1n) is 6.03. The van der Waals surface area contributed by atoms with Gasteiger partial charge in [0.05, 0.1) is 0 Å². The predicted molar refractivity (Wildman–Crippen MR) is 71.8 cm³/mol. The van der Waals surface area contributed by atoms with Crippen LogP contribution in [0, 0.1) is 5.41 Å². The first-order valence-corrected chi connectivity index (χ1v) is 6.03. The van der Waals surface area contributed by atoms with Crippen molar-refractivity contribution in [1.82, 2.24) is 0 Å². The summed E-state index contributed by atoms with van der Waals surface area (Å²) in [6, 6.07) is 10.7. The Balaban J connectivity index is 2.78. The fraction of sp³-hybridized carbons (Fsp3) is 0.571. The van der Waals surface area contributed by atoms with Gasteiger partial charge in [0.25, 0.3) is 0 Å². The SMILES string of the molecule is CCN(CC(C)(C)C(C)N)c1ccccc1. The minimum Gasteiger partial charge on any atom is -0.371 e. The molecule has 0 aromatic heterocycles. The first kappa shape index (κ1) is 13.0. The fourth-order valence-electron chi connectivity index (χ4n) is 1.66. The molecule has 1 aromatic rings. The molecule has 90 valence electrons. The summed E-state index contributed by atoms with van der Waals surface area (Å²) in [5, 5.41) is 0. The van der Waals surface area contributed by atoms with E-state index in [-0.39, 0.29) is 11.5 Å². The molecule has 2 N–H and O–H groups in total. The number of anilines is 1. The maximum Gasteiger partial charge on any atom is 0.0366 e. The molecular formula is C14H24N2. The minimum absolute atomic E-state index is 0.131. The lowest BCUT2D eigenvalue weighted by atomic mass is 9.85. The molecule has 16 heavy (non-hydrogen) atoms. The highest BCUT2D eigenvalue weighted by atomic mass is 15.1. The van der Waals surface area contributed by atoms with Crippen molar-refractivity contribution in [2.75, 3.05) is 18.0 Å². The van der Waals surface area contributed by atoms with Crippen LogP contribution < -0.4 is 10.6 Å². The summed E-state index contributed by atoms with van der Waals surface area (Å²) in [4.78, 5) is 2.38. The lowest BCUT2D eigenvalue weighted by Crippen LogP contribution is -2.44. The zero-order valence-electron chi connectivity index (χ0n) is 10.9. The van der Waals surface area contributed by atoms with E-state index in [4.69, 9.17) is 5.73 Å². The Morgan fingerprint density at radius 2 is 1.81 bits per heavy atom. The van der Waals surface area contributed by atoms with Gasteiger partial charge in [0.15, 0.2) is 0 Å². The molecule has 0 saturated carbocycles. The summed E-state index contributed by atoms with van der Waals surface area (Å²) in [6.07, 6.45) is 0. The zero-order valence-corrected chi connectivity index (χ0v) is 10.9. The van der Waals surface area contributed by atoms with Gasteiger partial charge in [0.1, 0.15) is 0 Å². The fourth-order valence-corrected chi connectivity index (χ4v) is 1.66. The van der Waals surface area contributed by atoms with Crippen LogP contribution in [-0.4, -0.2) is 19.1 Å². The van der Waals surface area contributed by atoms with Gasteiger partial charge in [-0.25, -0.2) is 0 Å². The number of rotatable bonds is 5. The third-order valence-electron chi connectivity index (χ3n) is 3.33. The Morgan fingerprint density at radius 1 is 1.25 bits per heavy atom. The molecule has 0 aliphatic rings. The summed E-state index contributed by atoms with van der Waals surface area (Å²) in [5.74, 6) is 0. The maximum atomic E-state index is 6.02. The van der Waals surface area contributed by atoms with E-state index >= 15 is 0 Å². The molecule has 1 unspecified atom stereocenters. The Hall–Kier alpha value is -1.02. The van der Waals surface area contributed by atoms with Gasteiger partial charge < -0.3 is 10.6 Å². The van der Waals surface area contributed by atoms with Crippen molar-refractivity contribution < 1.29 is 0 Å². The predicted octanol–water partition coefficient (Wildman–Crippen LogP) is 2.89. The van der Waals surface area contributed by atoms with Crippen molar-refractivity contribution in [2.45, 2.75) is 33.7 Å². The molecule has 0 fully saturated rings. The van der Waals surface area contributed by atoms with E-state index in [0.29, 0.717) is 0 Å². The van der Waals surface area contributed by atoms with E-state index in [1.165, 1.54) is 5.69 Å². The second-order valence-corrected chi connectivity index (χ2v) is 5.13. The molecule has 2 nitrogen and oxygen atoms in total. The van der Waals surface area contributed by atoms with Crippen LogP contribution >= 0.6 is 0 Å². The highest BCUT2D eigenvalue weighted by Crippen LogP contribution is 2.24. The van der Waals surface area contributed by atoms with Crippen LogP contribution in [0.1, 0.15) is 27.7 Å². The molecule has 1 atom stereocenters. The molecule has 0 spiro atoms. The second-order valence-electron chi connectivity index (χ2n) is 5.13. The minimum atomic E-state index is 0.131. The standard InChI is InChI=1S/C14H24N2/c1-5-16(11-14(3,4)12(2)15)13-9-7-6-8-10-13/h6-10,12H,5,11,15H2,1-4H3. The first-order chi connectivity index (χ1) is 7.47. The van der Waals surface area contributed by atoms with E-state index < -0.39 is 0 Å². The van der Waals surface area contributed by atoms with Crippen molar-refractivity contribution in [3.05, 3.63) is 30.3 Å². The Morgan fingerprint density at radius 3 is 2.25 bits per heavy atom. The Kier molecular flexibility index (Phi) is 4.36. The van der Waals surface area contributed by atoms with Crippen molar-refractivity contribution in [1.29, 1.82) is 0 Å². The molecule has 0 radical (unpaired) electrons. The van der Waals surface area contributed by atoms with E-state index in [9.17, 15) is 0 Å². The topological polar surface area (TPSA) is 29.3 Å². The molecule has 0 heterocycles. The Labute approximate surface area is 99.5 Å². The second kappa shape index (κ2) is 5.35. The number of nitrogens with zero attached hydrogens (tertiary/aromatic N) is 1. The van der Waals surface area contributed by atoms with E-state index in [1.54, 1.807) is 0 Å². The number of para-hydroxylation sites is 1. The summed E-state index contributed by atoms with van der Waals surface area (Å²) < 4.78 is 0. The largest absolute Gasteiger partial charge is 0.371 e.